The molecule has 1 aromatic heterocycles. The first kappa shape index (κ1) is 24.9. The average molecular weight is 437 g/mol. The largest absolute Gasteiger partial charge is 0.383 e. The van der Waals surface area contributed by atoms with Crippen molar-refractivity contribution >= 4 is 23.6 Å². The van der Waals surface area contributed by atoms with E-state index in [0.717, 1.165) is 17.0 Å². The number of nitrogens with zero attached hydrogens (tertiary/aromatic N) is 3. The van der Waals surface area contributed by atoms with Crippen molar-refractivity contribution in [2.75, 3.05) is 32.1 Å². The Balaban J connectivity index is 2.27. The number of nitriles is 1. The first-order valence-corrected chi connectivity index (χ1v) is 10.8. The molecule has 1 heterocycles. The molecule has 2 amide bonds. The number of hydrogen-bond acceptors (Lipinski definition) is 4. The van der Waals surface area contributed by atoms with E-state index in [1.54, 1.807) is 42.4 Å². The summed E-state index contributed by atoms with van der Waals surface area (Å²) in [5.41, 5.74) is 3.74. The summed E-state index contributed by atoms with van der Waals surface area (Å²) in [7, 11) is 1.66. The van der Waals surface area contributed by atoms with E-state index in [1.807, 2.05) is 39.8 Å². The molecule has 7 heteroatoms. The lowest BCUT2D eigenvalue weighted by Crippen LogP contribution is -2.30. The summed E-state index contributed by atoms with van der Waals surface area (Å²) < 4.78 is 7.39. The molecule has 2 aromatic rings. The van der Waals surface area contributed by atoms with Crippen molar-refractivity contribution in [1.29, 1.82) is 5.26 Å². The van der Waals surface area contributed by atoms with Gasteiger partial charge in [0.2, 0.25) is 0 Å². The minimum atomic E-state index is -0.519. The molecule has 7 nitrogen and oxygen atoms in total. The van der Waals surface area contributed by atoms with Gasteiger partial charge in [0, 0.05) is 42.8 Å². The predicted octanol–water partition coefficient (Wildman–Crippen LogP) is 4.34. The van der Waals surface area contributed by atoms with E-state index in [0.29, 0.717) is 30.9 Å². The molecular formula is C25H32N4O3. The van der Waals surface area contributed by atoms with Crippen LogP contribution in [0.1, 0.15) is 54.1 Å². The lowest BCUT2D eigenvalue weighted by molar-refractivity contribution is -0.112. The Morgan fingerprint density at radius 2 is 1.94 bits per heavy atom. The highest BCUT2D eigenvalue weighted by molar-refractivity contribution is 6.10. The Morgan fingerprint density at radius 3 is 2.53 bits per heavy atom. The molecule has 0 saturated carbocycles. The van der Waals surface area contributed by atoms with Gasteiger partial charge in [0.25, 0.3) is 11.8 Å². The number of nitrogens with one attached hydrogen (secondary N) is 1. The van der Waals surface area contributed by atoms with Crippen LogP contribution in [-0.2, 0) is 9.53 Å². The van der Waals surface area contributed by atoms with E-state index < -0.39 is 5.91 Å². The summed E-state index contributed by atoms with van der Waals surface area (Å²) in [6, 6.07) is 10.8. The van der Waals surface area contributed by atoms with Gasteiger partial charge in [0.05, 0.1) is 12.6 Å². The Bertz CT molecular complexity index is 1040. The van der Waals surface area contributed by atoms with Crippen LogP contribution in [0.3, 0.4) is 0 Å². The van der Waals surface area contributed by atoms with Gasteiger partial charge in [-0.25, -0.2) is 0 Å². The van der Waals surface area contributed by atoms with Crippen molar-refractivity contribution < 1.29 is 14.3 Å². The van der Waals surface area contributed by atoms with Crippen LogP contribution in [0.25, 0.3) is 6.08 Å². The zero-order valence-electron chi connectivity index (χ0n) is 19.7. The summed E-state index contributed by atoms with van der Waals surface area (Å²) in [6.45, 7) is 11.6. The fourth-order valence-corrected chi connectivity index (χ4v) is 3.87. The highest BCUT2D eigenvalue weighted by atomic mass is 16.5. The lowest BCUT2D eigenvalue weighted by atomic mass is 10.1. The summed E-state index contributed by atoms with van der Waals surface area (Å²) in [5.74, 6) is -0.616. The quantitative estimate of drug-likeness (QED) is 0.468. The number of rotatable bonds is 9. The number of methoxy groups -OCH3 is 1. The predicted molar refractivity (Wildman–Crippen MR) is 126 cm³/mol. The number of ether oxygens (including phenoxy) is 1. The SMILES string of the molecule is CCN(CC)C(=O)c1cccc(NC(=O)/C(C#N)=C\c2cc(C)n(C(C)COC)c2C)c1. The first-order valence-electron chi connectivity index (χ1n) is 10.8. The van der Waals surface area contributed by atoms with Gasteiger partial charge in [0.1, 0.15) is 11.6 Å². The third-order valence-corrected chi connectivity index (χ3v) is 5.46. The molecule has 1 unspecified atom stereocenters. The van der Waals surface area contributed by atoms with Gasteiger partial charge >= 0.3 is 0 Å². The van der Waals surface area contributed by atoms with E-state index in [2.05, 4.69) is 16.8 Å². The zero-order valence-corrected chi connectivity index (χ0v) is 19.7. The second-order valence-electron chi connectivity index (χ2n) is 7.68. The zero-order chi connectivity index (χ0) is 23.8. The second-order valence-corrected chi connectivity index (χ2v) is 7.68. The summed E-state index contributed by atoms with van der Waals surface area (Å²) in [5, 5.41) is 12.3. The number of anilines is 1. The molecule has 0 fully saturated rings. The minimum absolute atomic E-state index is 0.00915. The van der Waals surface area contributed by atoms with Gasteiger partial charge in [-0.15, -0.1) is 0 Å². The van der Waals surface area contributed by atoms with E-state index in [9.17, 15) is 14.9 Å². The fourth-order valence-electron chi connectivity index (χ4n) is 3.87. The maximum absolute atomic E-state index is 12.8. The van der Waals surface area contributed by atoms with Crippen LogP contribution in [-0.4, -0.2) is 48.1 Å². The molecule has 1 atom stereocenters. The number of hydrogen-bond donors (Lipinski definition) is 1. The standard InChI is InChI=1S/C25H32N4O3/c1-7-28(8-2)25(31)20-10-9-11-23(14-20)27-24(30)22(15-26)13-21-12-17(3)29(19(21)5)18(4)16-32-6/h9-14,18H,7-8,16H2,1-6H3,(H,27,30)/b22-13-. The molecule has 1 N–H and O–H groups in total. The molecule has 1 aromatic carbocycles. The number of carbonyl (C=O) groups is 2. The minimum Gasteiger partial charge on any atom is -0.383 e. The fraction of sp³-hybridized carbons (Fsp3) is 0.400. The summed E-state index contributed by atoms with van der Waals surface area (Å²) in [4.78, 5) is 27.1. The van der Waals surface area contributed by atoms with E-state index in [-0.39, 0.29) is 17.5 Å². The van der Waals surface area contributed by atoms with E-state index >= 15 is 0 Å². The second kappa shape index (κ2) is 11.3. The van der Waals surface area contributed by atoms with Gasteiger partial charge in [-0.2, -0.15) is 5.26 Å². The third-order valence-electron chi connectivity index (χ3n) is 5.46. The van der Waals surface area contributed by atoms with Crippen molar-refractivity contribution in [2.24, 2.45) is 0 Å². The highest BCUT2D eigenvalue weighted by Gasteiger charge is 2.17. The van der Waals surface area contributed by atoms with Gasteiger partial charge < -0.3 is 19.5 Å². The highest BCUT2D eigenvalue weighted by Crippen LogP contribution is 2.23. The van der Waals surface area contributed by atoms with Gasteiger partial charge in [-0.3, -0.25) is 9.59 Å². The van der Waals surface area contributed by atoms with Gasteiger partial charge in [-0.1, -0.05) is 6.07 Å². The maximum Gasteiger partial charge on any atom is 0.266 e. The molecule has 0 aliphatic carbocycles. The number of carbonyl (C=O) groups excluding carboxylic acids is 2. The number of aromatic nitrogens is 1. The topological polar surface area (TPSA) is 87.4 Å². The Hall–Kier alpha value is -3.37. The molecular weight excluding hydrogens is 404 g/mol. The maximum atomic E-state index is 12.8. The average Bonchev–Trinajstić information content (AvgIpc) is 3.05. The molecule has 0 saturated heterocycles. The van der Waals surface area contributed by atoms with E-state index in [4.69, 9.17) is 4.74 Å². The smallest absolute Gasteiger partial charge is 0.266 e. The Morgan fingerprint density at radius 1 is 1.25 bits per heavy atom. The lowest BCUT2D eigenvalue weighted by Gasteiger charge is -2.19. The van der Waals surface area contributed by atoms with Gasteiger partial charge in [-0.05, 0) is 70.5 Å². The Labute approximate surface area is 190 Å². The van der Waals surface area contributed by atoms with Crippen LogP contribution in [0.4, 0.5) is 5.69 Å². The number of benzene rings is 1. The van der Waals surface area contributed by atoms with Crippen molar-refractivity contribution in [3.8, 4) is 6.07 Å². The molecule has 0 bridgehead atoms. The molecule has 0 radical (unpaired) electrons. The molecule has 32 heavy (non-hydrogen) atoms. The van der Waals surface area contributed by atoms with Crippen molar-refractivity contribution in [3.63, 3.8) is 0 Å². The number of amides is 2. The molecule has 0 aliphatic heterocycles. The third kappa shape index (κ3) is 5.65. The molecule has 0 spiro atoms. The first-order chi connectivity index (χ1) is 15.3. The van der Waals surface area contributed by atoms with Crippen LogP contribution in [0.5, 0.6) is 0 Å². The van der Waals surface area contributed by atoms with Gasteiger partial charge in [0.15, 0.2) is 0 Å². The number of aryl methyl sites for hydroxylation is 1. The van der Waals surface area contributed by atoms with Crippen molar-refractivity contribution in [2.45, 2.75) is 40.7 Å². The van der Waals surface area contributed by atoms with Crippen molar-refractivity contribution in [1.82, 2.24) is 9.47 Å². The molecule has 170 valence electrons. The monoisotopic (exact) mass is 436 g/mol. The van der Waals surface area contributed by atoms with Crippen LogP contribution in [0.15, 0.2) is 35.9 Å². The van der Waals surface area contributed by atoms with Crippen LogP contribution in [0.2, 0.25) is 0 Å². The van der Waals surface area contributed by atoms with Crippen LogP contribution in [0, 0.1) is 25.2 Å². The van der Waals surface area contributed by atoms with Crippen LogP contribution < -0.4 is 5.32 Å². The normalized spacial score (nSPS) is 12.2. The molecule has 0 aliphatic rings. The summed E-state index contributed by atoms with van der Waals surface area (Å²) >= 11 is 0. The Kier molecular flexibility index (Phi) is 8.80. The summed E-state index contributed by atoms with van der Waals surface area (Å²) in [6.07, 6.45) is 1.60. The molecule has 2 rings (SSSR count). The van der Waals surface area contributed by atoms with E-state index in [1.165, 1.54) is 0 Å². The van der Waals surface area contributed by atoms with Crippen molar-refractivity contribution in [3.05, 3.63) is 58.4 Å². The van der Waals surface area contributed by atoms with Crippen LogP contribution >= 0.6 is 0 Å².